The van der Waals surface area contributed by atoms with E-state index in [1.165, 1.54) is 18.2 Å². The molecule has 0 aliphatic carbocycles. The highest BCUT2D eigenvalue weighted by molar-refractivity contribution is 5.61. The maximum Gasteiger partial charge on any atom is 0.292 e. The molecule has 0 spiro atoms. The average Bonchev–Trinajstić information content (AvgIpc) is 2.42. The van der Waals surface area contributed by atoms with Crippen LogP contribution in [0.5, 0.6) is 5.75 Å². The molecule has 0 heterocycles. The smallest absolute Gasteiger partial charge is 0.292 e. The lowest BCUT2D eigenvalue weighted by Crippen LogP contribution is -2.03. The number of rotatable bonds is 4. The Kier molecular flexibility index (Phi) is 3.79. The molecular formula is C13H10F2N2O3. The summed E-state index contributed by atoms with van der Waals surface area (Å²) in [7, 11) is 0. The van der Waals surface area contributed by atoms with E-state index in [1.54, 1.807) is 6.07 Å². The number of anilines is 1. The highest BCUT2D eigenvalue weighted by atomic mass is 19.1. The zero-order chi connectivity index (χ0) is 14.7. The molecule has 7 heteroatoms. The highest BCUT2D eigenvalue weighted by Gasteiger charge is 2.13. The average molecular weight is 280 g/mol. The van der Waals surface area contributed by atoms with E-state index < -0.39 is 22.3 Å². The Morgan fingerprint density at radius 2 is 1.80 bits per heavy atom. The van der Waals surface area contributed by atoms with Gasteiger partial charge in [-0.25, -0.2) is 8.78 Å². The minimum absolute atomic E-state index is 0.0149. The van der Waals surface area contributed by atoms with Crippen molar-refractivity contribution in [3.63, 3.8) is 0 Å². The number of nitro benzene ring substituents is 1. The van der Waals surface area contributed by atoms with E-state index in [-0.39, 0.29) is 23.5 Å². The number of hydrogen-bond donors (Lipinski definition) is 2. The number of hydrogen-bond acceptors (Lipinski definition) is 4. The van der Waals surface area contributed by atoms with Crippen LogP contribution in [-0.2, 0) is 6.54 Å². The molecule has 0 saturated carbocycles. The third kappa shape index (κ3) is 2.82. The van der Waals surface area contributed by atoms with Crippen molar-refractivity contribution >= 4 is 11.4 Å². The Balaban J connectivity index is 2.19. The number of para-hydroxylation sites is 2. The monoisotopic (exact) mass is 280 g/mol. The van der Waals surface area contributed by atoms with Gasteiger partial charge in [0.2, 0.25) is 0 Å². The van der Waals surface area contributed by atoms with E-state index in [2.05, 4.69) is 5.32 Å². The van der Waals surface area contributed by atoms with Gasteiger partial charge in [-0.2, -0.15) is 0 Å². The zero-order valence-corrected chi connectivity index (χ0v) is 10.1. The minimum Gasteiger partial charge on any atom is -0.503 e. The number of phenolic OH excluding ortho intramolecular Hbond substituents is 1. The van der Waals surface area contributed by atoms with Gasteiger partial charge in [0, 0.05) is 12.6 Å². The number of benzene rings is 2. The molecule has 0 aliphatic rings. The van der Waals surface area contributed by atoms with Crippen molar-refractivity contribution in [3.05, 3.63) is 63.7 Å². The molecule has 2 N–H and O–H groups in total. The van der Waals surface area contributed by atoms with Gasteiger partial charge in [-0.3, -0.25) is 10.1 Å². The van der Waals surface area contributed by atoms with Crippen molar-refractivity contribution in [3.8, 4) is 5.75 Å². The van der Waals surface area contributed by atoms with E-state index in [4.69, 9.17) is 5.11 Å². The SMILES string of the molecule is O=[N+]([O-])c1ccccc1NCc1cc(F)c(O)c(F)c1. The molecule has 0 saturated heterocycles. The van der Waals surface area contributed by atoms with Crippen molar-refractivity contribution in [2.75, 3.05) is 5.32 Å². The van der Waals surface area contributed by atoms with E-state index in [0.29, 0.717) is 0 Å². The van der Waals surface area contributed by atoms with Crippen molar-refractivity contribution < 1.29 is 18.8 Å². The lowest BCUT2D eigenvalue weighted by molar-refractivity contribution is -0.384. The molecule has 5 nitrogen and oxygen atoms in total. The summed E-state index contributed by atoms with van der Waals surface area (Å²) in [5, 5.41) is 22.5. The van der Waals surface area contributed by atoms with Crippen molar-refractivity contribution in [2.45, 2.75) is 6.54 Å². The molecule has 0 amide bonds. The predicted molar refractivity (Wildman–Crippen MR) is 68.4 cm³/mol. The van der Waals surface area contributed by atoms with Crippen LogP contribution in [0.25, 0.3) is 0 Å². The van der Waals surface area contributed by atoms with E-state index in [0.717, 1.165) is 12.1 Å². The van der Waals surface area contributed by atoms with Crippen molar-refractivity contribution in [1.82, 2.24) is 0 Å². The van der Waals surface area contributed by atoms with E-state index >= 15 is 0 Å². The fraction of sp³-hybridized carbons (Fsp3) is 0.0769. The first kappa shape index (κ1) is 13.7. The molecule has 0 bridgehead atoms. The third-order valence-corrected chi connectivity index (χ3v) is 2.66. The number of aromatic hydroxyl groups is 1. The second-order valence-electron chi connectivity index (χ2n) is 4.04. The summed E-state index contributed by atoms with van der Waals surface area (Å²) in [5.74, 6) is -3.20. The number of halogens is 2. The van der Waals surface area contributed by atoms with Crippen molar-refractivity contribution in [2.24, 2.45) is 0 Å². The summed E-state index contributed by atoms with van der Waals surface area (Å²) >= 11 is 0. The first-order chi connectivity index (χ1) is 9.49. The van der Waals surface area contributed by atoms with Gasteiger partial charge in [0.25, 0.3) is 5.69 Å². The third-order valence-electron chi connectivity index (χ3n) is 2.66. The second kappa shape index (κ2) is 5.52. The molecule has 0 fully saturated rings. The highest BCUT2D eigenvalue weighted by Crippen LogP contribution is 2.25. The molecule has 104 valence electrons. The zero-order valence-electron chi connectivity index (χ0n) is 10.1. The van der Waals surface area contributed by atoms with Gasteiger partial charge >= 0.3 is 0 Å². The van der Waals surface area contributed by atoms with Gasteiger partial charge in [0.05, 0.1) is 4.92 Å². The maximum absolute atomic E-state index is 13.1. The quantitative estimate of drug-likeness (QED) is 0.666. The molecule has 2 aromatic carbocycles. The topological polar surface area (TPSA) is 75.4 Å². The fourth-order valence-corrected chi connectivity index (χ4v) is 1.70. The maximum atomic E-state index is 13.1. The number of nitro groups is 1. The van der Waals surface area contributed by atoms with Crippen LogP contribution in [0.2, 0.25) is 0 Å². The van der Waals surface area contributed by atoms with Crippen LogP contribution in [0.15, 0.2) is 36.4 Å². The molecule has 0 radical (unpaired) electrons. The first-order valence-corrected chi connectivity index (χ1v) is 5.63. The largest absolute Gasteiger partial charge is 0.503 e. The number of nitrogens with one attached hydrogen (secondary N) is 1. The van der Waals surface area contributed by atoms with Gasteiger partial charge in [-0.1, -0.05) is 12.1 Å². The lowest BCUT2D eigenvalue weighted by Gasteiger charge is -2.08. The van der Waals surface area contributed by atoms with Crippen LogP contribution in [0.1, 0.15) is 5.56 Å². The molecule has 0 aromatic heterocycles. The Morgan fingerprint density at radius 3 is 2.40 bits per heavy atom. The molecule has 0 unspecified atom stereocenters. The van der Waals surface area contributed by atoms with Crippen LogP contribution in [0.3, 0.4) is 0 Å². The Morgan fingerprint density at radius 1 is 1.20 bits per heavy atom. The Labute approximate surface area is 112 Å². The van der Waals surface area contributed by atoms with Gasteiger partial charge in [0.1, 0.15) is 5.69 Å². The fourth-order valence-electron chi connectivity index (χ4n) is 1.70. The molecule has 2 rings (SSSR count). The first-order valence-electron chi connectivity index (χ1n) is 5.63. The second-order valence-corrected chi connectivity index (χ2v) is 4.04. The minimum atomic E-state index is -1.08. The Bertz CT molecular complexity index is 639. The van der Waals surface area contributed by atoms with E-state index in [9.17, 15) is 18.9 Å². The van der Waals surface area contributed by atoms with E-state index in [1.807, 2.05) is 0 Å². The van der Waals surface area contributed by atoms with Crippen LogP contribution < -0.4 is 5.32 Å². The predicted octanol–water partition coefficient (Wildman–Crippen LogP) is 3.19. The van der Waals surface area contributed by atoms with Crippen LogP contribution in [0.4, 0.5) is 20.2 Å². The Hall–Kier alpha value is -2.70. The lowest BCUT2D eigenvalue weighted by atomic mass is 10.2. The summed E-state index contributed by atoms with van der Waals surface area (Å²) in [4.78, 5) is 10.2. The summed E-state index contributed by atoms with van der Waals surface area (Å²) < 4.78 is 26.3. The normalized spacial score (nSPS) is 10.3. The molecular weight excluding hydrogens is 270 g/mol. The molecule has 0 atom stereocenters. The van der Waals surface area contributed by atoms with Crippen LogP contribution in [-0.4, -0.2) is 10.0 Å². The molecule has 20 heavy (non-hydrogen) atoms. The van der Waals surface area contributed by atoms with Crippen LogP contribution in [0, 0.1) is 21.7 Å². The van der Waals surface area contributed by atoms with Gasteiger partial charge in [-0.05, 0) is 23.8 Å². The summed E-state index contributed by atoms with van der Waals surface area (Å²) in [5.41, 5.74) is 0.328. The summed E-state index contributed by atoms with van der Waals surface area (Å²) in [6.07, 6.45) is 0. The van der Waals surface area contributed by atoms with Gasteiger partial charge in [0.15, 0.2) is 17.4 Å². The standard InChI is InChI=1S/C13H10F2N2O3/c14-9-5-8(6-10(15)13(9)18)7-16-11-3-1-2-4-12(11)17(19)20/h1-6,16,18H,7H2. The van der Waals surface area contributed by atoms with Gasteiger partial charge in [-0.15, -0.1) is 0 Å². The summed E-state index contributed by atoms with van der Waals surface area (Å²) in [6, 6.07) is 7.85. The number of phenols is 1. The molecule has 0 aliphatic heterocycles. The summed E-state index contributed by atoms with van der Waals surface area (Å²) in [6.45, 7) is -0.0149. The van der Waals surface area contributed by atoms with Crippen LogP contribution >= 0.6 is 0 Å². The number of nitrogens with zero attached hydrogens (tertiary/aromatic N) is 1. The van der Waals surface area contributed by atoms with Gasteiger partial charge < -0.3 is 10.4 Å². The van der Waals surface area contributed by atoms with Crippen molar-refractivity contribution in [1.29, 1.82) is 0 Å². The molecule has 2 aromatic rings.